The first-order valence-corrected chi connectivity index (χ1v) is 5.91. The van der Waals surface area contributed by atoms with Crippen LogP contribution in [0, 0.1) is 5.41 Å². The predicted molar refractivity (Wildman–Crippen MR) is 63.1 cm³/mol. The van der Waals surface area contributed by atoms with Gasteiger partial charge in [0.05, 0.1) is 0 Å². The summed E-state index contributed by atoms with van der Waals surface area (Å²) in [5, 5.41) is 3.45. The molecular formula is C11H24ClNO. The minimum absolute atomic E-state index is 0.363. The first-order chi connectivity index (χ1) is 6.62. The van der Waals surface area contributed by atoms with E-state index in [-0.39, 0.29) is 0 Å². The highest BCUT2D eigenvalue weighted by Crippen LogP contribution is 2.21. The third-order valence-corrected chi connectivity index (χ3v) is 2.56. The number of alkyl halides is 1. The molecule has 0 radical (unpaired) electrons. The second-order valence-corrected chi connectivity index (χ2v) is 4.86. The summed E-state index contributed by atoms with van der Waals surface area (Å²) in [6, 6.07) is 0. The van der Waals surface area contributed by atoms with Gasteiger partial charge in [-0.1, -0.05) is 13.8 Å². The highest BCUT2D eigenvalue weighted by molar-refractivity contribution is 6.17. The molecule has 0 aromatic rings. The Labute approximate surface area is 93.4 Å². The number of halogens is 1. The molecule has 0 fully saturated rings. The molecule has 0 spiro atoms. The molecule has 14 heavy (non-hydrogen) atoms. The molecule has 2 nitrogen and oxygen atoms in total. The minimum Gasteiger partial charge on any atom is -0.385 e. The molecule has 0 bridgehead atoms. The Morgan fingerprint density at radius 1 is 1.29 bits per heavy atom. The number of nitrogens with one attached hydrogen (secondary N) is 1. The predicted octanol–water partition coefficient (Wildman–Crippen LogP) is 2.66. The van der Waals surface area contributed by atoms with Gasteiger partial charge >= 0.3 is 0 Å². The van der Waals surface area contributed by atoms with E-state index in [2.05, 4.69) is 19.2 Å². The van der Waals surface area contributed by atoms with Crippen LogP contribution < -0.4 is 5.32 Å². The summed E-state index contributed by atoms with van der Waals surface area (Å²) in [5.41, 5.74) is 0.363. The molecule has 0 rings (SSSR count). The van der Waals surface area contributed by atoms with E-state index in [1.165, 1.54) is 6.42 Å². The highest BCUT2D eigenvalue weighted by Gasteiger charge is 2.15. The van der Waals surface area contributed by atoms with Gasteiger partial charge in [0.1, 0.15) is 0 Å². The van der Waals surface area contributed by atoms with E-state index in [0.29, 0.717) is 5.41 Å². The van der Waals surface area contributed by atoms with E-state index >= 15 is 0 Å². The topological polar surface area (TPSA) is 21.3 Å². The van der Waals surface area contributed by atoms with Crippen molar-refractivity contribution in [3.63, 3.8) is 0 Å². The molecule has 1 N–H and O–H groups in total. The van der Waals surface area contributed by atoms with Crippen LogP contribution >= 0.6 is 11.6 Å². The lowest BCUT2D eigenvalue weighted by Gasteiger charge is -2.24. The Balaban J connectivity index is 3.35. The fraction of sp³-hybridized carbons (Fsp3) is 1.00. The van der Waals surface area contributed by atoms with E-state index in [4.69, 9.17) is 16.3 Å². The molecule has 0 heterocycles. The quantitative estimate of drug-likeness (QED) is 0.478. The Kier molecular flexibility index (Phi) is 8.64. The largest absolute Gasteiger partial charge is 0.385 e. The zero-order valence-corrected chi connectivity index (χ0v) is 10.5. The van der Waals surface area contributed by atoms with Gasteiger partial charge in [0.15, 0.2) is 0 Å². The van der Waals surface area contributed by atoms with E-state index in [1.807, 2.05) is 0 Å². The molecule has 0 saturated carbocycles. The van der Waals surface area contributed by atoms with Gasteiger partial charge in [-0.05, 0) is 31.2 Å². The van der Waals surface area contributed by atoms with E-state index in [1.54, 1.807) is 7.11 Å². The van der Waals surface area contributed by atoms with E-state index in [0.717, 1.165) is 38.4 Å². The van der Waals surface area contributed by atoms with Crippen molar-refractivity contribution in [2.24, 2.45) is 5.41 Å². The third kappa shape index (κ3) is 8.79. The number of hydrogen-bond donors (Lipinski definition) is 1. The summed E-state index contributed by atoms with van der Waals surface area (Å²) < 4.78 is 4.98. The van der Waals surface area contributed by atoms with Gasteiger partial charge in [0.25, 0.3) is 0 Å². The van der Waals surface area contributed by atoms with Crippen molar-refractivity contribution in [1.29, 1.82) is 0 Å². The molecule has 0 aliphatic carbocycles. The smallest absolute Gasteiger partial charge is 0.0474 e. The van der Waals surface area contributed by atoms with Gasteiger partial charge in [-0.3, -0.25) is 0 Å². The van der Waals surface area contributed by atoms with Gasteiger partial charge in [0, 0.05) is 26.1 Å². The van der Waals surface area contributed by atoms with Crippen LogP contribution in [-0.4, -0.2) is 32.7 Å². The summed E-state index contributed by atoms with van der Waals surface area (Å²) in [5.74, 6) is 0.771. The molecule has 0 aliphatic rings. The van der Waals surface area contributed by atoms with Crippen molar-refractivity contribution in [2.45, 2.75) is 33.1 Å². The van der Waals surface area contributed by atoms with Crippen LogP contribution in [0.5, 0.6) is 0 Å². The van der Waals surface area contributed by atoms with Crippen LogP contribution in [0.2, 0.25) is 0 Å². The van der Waals surface area contributed by atoms with Crippen molar-refractivity contribution < 1.29 is 4.74 Å². The lowest BCUT2D eigenvalue weighted by molar-refractivity contribution is 0.192. The van der Waals surface area contributed by atoms with Crippen molar-refractivity contribution in [3.8, 4) is 0 Å². The average Bonchev–Trinajstić information content (AvgIpc) is 2.15. The van der Waals surface area contributed by atoms with Gasteiger partial charge in [-0.15, -0.1) is 11.6 Å². The second-order valence-electron chi connectivity index (χ2n) is 4.48. The molecular weight excluding hydrogens is 198 g/mol. The summed E-state index contributed by atoms with van der Waals surface area (Å²) in [6.07, 6.45) is 3.38. The zero-order valence-electron chi connectivity index (χ0n) is 9.74. The fourth-order valence-corrected chi connectivity index (χ4v) is 1.54. The standard InChI is InChI=1S/C11H24ClNO/c1-11(2,6-4-7-12)10-13-8-5-9-14-3/h13H,4-10H2,1-3H3. The van der Waals surface area contributed by atoms with Crippen molar-refractivity contribution in [1.82, 2.24) is 5.32 Å². The summed E-state index contributed by atoms with van der Waals surface area (Å²) in [6.45, 7) is 7.51. The molecule has 0 atom stereocenters. The van der Waals surface area contributed by atoms with Crippen LogP contribution in [0.15, 0.2) is 0 Å². The fourth-order valence-electron chi connectivity index (χ4n) is 1.40. The second kappa shape index (κ2) is 8.51. The molecule has 0 amide bonds. The molecule has 0 aromatic carbocycles. The van der Waals surface area contributed by atoms with Crippen molar-refractivity contribution in [2.75, 3.05) is 32.7 Å². The number of ether oxygens (including phenoxy) is 1. The first-order valence-electron chi connectivity index (χ1n) is 5.38. The van der Waals surface area contributed by atoms with E-state index in [9.17, 15) is 0 Å². The molecule has 0 unspecified atom stereocenters. The number of hydrogen-bond acceptors (Lipinski definition) is 2. The van der Waals surface area contributed by atoms with E-state index < -0.39 is 0 Å². The summed E-state index contributed by atoms with van der Waals surface area (Å²) >= 11 is 5.67. The third-order valence-electron chi connectivity index (χ3n) is 2.29. The maximum absolute atomic E-state index is 5.67. The van der Waals surface area contributed by atoms with Crippen LogP contribution in [0.4, 0.5) is 0 Å². The molecule has 0 aliphatic heterocycles. The normalized spacial score (nSPS) is 12.0. The Morgan fingerprint density at radius 3 is 2.57 bits per heavy atom. The Morgan fingerprint density at radius 2 is 2.00 bits per heavy atom. The Bertz CT molecular complexity index is 128. The monoisotopic (exact) mass is 221 g/mol. The van der Waals surface area contributed by atoms with Crippen molar-refractivity contribution >= 4 is 11.6 Å². The molecule has 0 saturated heterocycles. The van der Waals surface area contributed by atoms with Crippen LogP contribution in [0.3, 0.4) is 0 Å². The Hall–Kier alpha value is 0.210. The van der Waals surface area contributed by atoms with Gasteiger partial charge in [-0.25, -0.2) is 0 Å². The molecule has 3 heteroatoms. The van der Waals surface area contributed by atoms with Gasteiger partial charge < -0.3 is 10.1 Å². The van der Waals surface area contributed by atoms with Gasteiger partial charge in [0.2, 0.25) is 0 Å². The van der Waals surface area contributed by atoms with Crippen molar-refractivity contribution in [3.05, 3.63) is 0 Å². The first kappa shape index (κ1) is 14.2. The lowest BCUT2D eigenvalue weighted by Crippen LogP contribution is -2.30. The summed E-state index contributed by atoms with van der Waals surface area (Å²) in [4.78, 5) is 0. The SMILES string of the molecule is COCCCNCC(C)(C)CCCCl. The summed E-state index contributed by atoms with van der Waals surface area (Å²) in [7, 11) is 1.74. The minimum atomic E-state index is 0.363. The average molecular weight is 222 g/mol. The zero-order chi connectivity index (χ0) is 10.9. The maximum Gasteiger partial charge on any atom is 0.0474 e. The van der Waals surface area contributed by atoms with Crippen LogP contribution in [0.25, 0.3) is 0 Å². The lowest BCUT2D eigenvalue weighted by atomic mass is 9.88. The van der Waals surface area contributed by atoms with Gasteiger partial charge in [-0.2, -0.15) is 0 Å². The molecule has 86 valence electrons. The van der Waals surface area contributed by atoms with Crippen LogP contribution in [-0.2, 0) is 4.74 Å². The van der Waals surface area contributed by atoms with Crippen LogP contribution in [0.1, 0.15) is 33.1 Å². The number of methoxy groups -OCH3 is 1. The highest BCUT2D eigenvalue weighted by atomic mass is 35.5. The molecule has 0 aromatic heterocycles. The number of rotatable bonds is 9. The maximum atomic E-state index is 5.67.